The van der Waals surface area contributed by atoms with Crippen molar-refractivity contribution in [2.75, 3.05) is 0 Å². The molecule has 1 unspecified atom stereocenters. The number of aliphatic hydroxyl groups excluding tert-OH is 1. The van der Waals surface area contributed by atoms with Crippen molar-refractivity contribution in [3.05, 3.63) is 28.5 Å². The van der Waals surface area contributed by atoms with E-state index in [0.717, 1.165) is 11.1 Å². The van der Waals surface area contributed by atoms with E-state index >= 15 is 0 Å². The molecule has 0 spiro atoms. The van der Waals surface area contributed by atoms with Gasteiger partial charge in [0.1, 0.15) is 5.15 Å². The van der Waals surface area contributed by atoms with Gasteiger partial charge in [-0.1, -0.05) is 17.7 Å². The summed E-state index contributed by atoms with van der Waals surface area (Å²) in [5.41, 5.74) is 1.97. The third-order valence-corrected chi connectivity index (χ3v) is 2.00. The lowest BCUT2D eigenvalue weighted by molar-refractivity contribution is 0.195. The van der Waals surface area contributed by atoms with Gasteiger partial charge in [0.2, 0.25) is 0 Å². The van der Waals surface area contributed by atoms with Crippen LogP contribution in [0.5, 0.6) is 0 Å². The summed E-state index contributed by atoms with van der Waals surface area (Å²) in [6.07, 6.45) is 2.00. The van der Waals surface area contributed by atoms with E-state index in [1.165, 1.54) is 0 Å². The first-order chi connectivity index (χ1) is 5.59. The van der Waals surface area contributed by atoms with Gasteiger partial charge in [-0.25, -0.2) is 4.98 Å². The summed E-state index contributed by atoms with van der Waals surface area (Å²) in [5.74, 6) is 0. The molecule has 0 amide bonds. The maximum Gasteiger partial charge on any atom is 0.131 e. The van der Waals surface area contributed by atoms with Gasteiger partial charge in [0, 0.05) is 6.20 Å². The SMILES string of the molecule is Cc1cc(CC(C)O)cnc1Cl. The van der Waals surface area contributed by atoms with Crippen molar-refractivity contribution in [3.63, 3.8) is 0 Å². The number of aromatic nitrogens is 1. The normalized spacial score (nSPS) is 13.0. The largest absolute Gasteiger partial charge is 0.393 e. The predicted octanol–water partition coefficient (Wildman–Crippen LogP) is 1.97. The van der Waals surface area contributed by atoms with E-state index in [1.807, 2.05) is 13.0 Å². The molecule has 1 aromatic rings. The van der Waals surface area contributed by atoms with Crippen LogP contribution in [0.3, 0.4) is 0 Å². The lowest BCUT2D eigenvalue weighted by Crippen LogP contribution is -2.04. The molecule has 1 aromatic heterocycles. The molecule has 0 aliphatic carbocycles. The Morgan fingerprint density at radius 1 is 1.67 bits per heavy atom. The van der Waals surface area contributed by atoms with Crippen LogP contribution in [-0.2, 0) is 6.42 Å². The zero-order valence-electron chi connectivity index (χ0n) is 7.21. The standard InChI is InChI=1S/C9H12ClNO/c1-6-3-8(4-7(2)12)5-11-9(6)10/h3,5,7,12H,4H2,1-2H3. The van der Waals surface area contributed by atoms with E-state index in [9.17, 15) is 0 Å². The number of pyridine rings is 1. The molecule has 0 aromatic carbocycles. The second kappa shape index (κ2) is 3.87. The molecule has 0 aliphatic heterocycles. The summed E-state index contributed by atoms with van der Waals surface area (Å²) in [4.78, 5) is 3.99. The minimum absolute atomic E-state index is 0.327. The van der Waals surface area contributed by atoms with Crippen LogP contribution in [0.15, 0.2) is 12.3 Å². The van der Waals surface area contributed by atoms with Gasteiger partial charge in [0.25, 0.3) is 0 Å². The fourth-order valence-corrected chi connectivity index (χ4v) is 1.17. The summed E-state index contributed by atoms with van der Waals surface area (Å²) in [6.45, 7) is 3.66. The van der Waals surface area contributed by atoms with Crippen LogP contribution in [0.1, 0.15) is 18.1 Å². The second-order valence-electron chi connectivity index (χ2n) is 3.00. The predicted molar refractivity (Wildman–Crippen MR) is 49.4 cm³/mol. The van der Waals surface area contributed by atoms with Crippen LogP contribution in [0, 0.1) is 6.92 Å². The zero-order valence-corrected chi connectivity index (χ0v) is 7.97. The number of aryl methyl sites for hydroxylation is 1. The molecule has 1 rings (SSSR count). The zero-order chi connectivity index (χ0) is 9.14. The number of aliphatic hydroxyl groups is 1. The first-order valence-corrected chi connectivity index (χ1v) is 4.26. The van der Waals surface area contributed by atoms with Crippen molar-refractivity contribution in [1.29, 1.82) is 0 Å². The molecule has 1 atom stereocenters. The first kappa shape index (κ1) is 9.49. The fraction of sp³-hybridized carbons (Fsp3) is 0.444. The minimum atomic E-state index is -0.327. The van der Waals surface area contributed by atoms with Gasteiger partial charge in [-0.3, -0.25) is 0 Å². The maximum absolute atomic E-state index is 9.11. The van der Waals surface area contributed by atoms with Crippen LogP contribution in [0.2, 0.25) is 5.15 Å². The highest BCUT2D eigenvalue weighted by Gasteiger charge is 2.01. The molecule has 0 saturated carbocycles. The van der Waals surface area contributed by atoms with Crippen LogP contribution in [0.4, 0.5) is 0 Å². The van der Waals surface area contributed by atoms with E-state index in [-0.39, 0.29) is 6.10 Å². The average Bonchev–Trinajstić information content (AvgIpc) is 1.96. The van der Waals surface area contributed by atoms with Crippen LogP contribution >= 0.6 is 11.6 Å². The Morgan fingerprint density at radius 3 is 2.83 bits per heavy atom. The molecule has 1 heterocycles. The molecule has 0 saturated heterocycles. The van der Waals surface area contributed by atoms with Crippen LogP contribution in [-0.4, -0.2) is 16.2 Å². The van der Waals surface area contributed by atoms with Gasteiger partial charge in [-0.15, -0.1) is 0 Å². The fourth-order valence-electron chi connectivity index (χ4n) is 1.07. The van der Waals surface area contributed by atoms with Crippen molar-refractivity contribution in [2.24, 2.45) is 0 Å². The second-order valence-corrected chi connectivity index (χ2v) is 3.36. The molecule has 12 heavy (non-hydrogen) atoms. The van der Waals surface area contributed by atoms with Gasteiger partial charge in [-0.05, 0) is 31.4 Å². The van der Waals surface area contributed by atoms with Gasteiger partial charge in [-0.2, -0.15) is 0 Å². The maximum atomic E-state index is 9.11. The number of nitrogens with zero attached hydrogens (tertiary/aromatic N) is 1. The van der Waals surface area contributed by atoms with E-state index in [0.29, 0.717) is 11.6 Å². The molecule has 0 radical (unpaired) electrons. The Labute approximate surface area is 77.2 Å². The quantitative estimate of drug-likeness (QED) is 0.715. The summed E-state index contributed by atoms with van der Waals surface area (Å²) in [6, 6.07) is 1.95. The van der Waals surface area contributed by atoms with E-state index in [2.05, 4.69) is 4.98 Å². The lowest BCUT2D eigenvalue weighted by Gasteiger charge is -2.04. The highest BCUT2D eigenvalue weighted by molar-refractivity contribution is 6.30. The Morgan fingerprint density at radius 2 is 2.33 bits per heavy atom. The third-order valence-electron chi connectivity index (χ3n) is 1.60. The third kappa shape index (κ3) is 2.47. The Hall–Kier alpha value is -0.600. The minimum Gasteiger partial charge on any atom is -0.393 e. The van der Waals surface area contributed by atoms with Gasteiger partial charge >= 0.3 is 0 Å². The number of halogens is 1. The summed E-state index contributed by atoms with van der Waals surface area (Å²) in [7, 11) is 0. The van der Waals surface area contributed by atoms with Gasteiger partial charge in [0.15, 0.2) is 0 Å². The molecular weight excluding hydrogens is 174 g/mol. The van der Waals surface area contributed by atoms with E-state index in [1.54, 1.807) is 13.1 Å². The molecule has 1 N–H and O–H groups in total. The topological polar surface area (TPSA) is 33.1 Å². The van der Waals surface area contributed by atoms with Gasteiger partial charge in [0.05, 0.1) is 6.10 Å². The Balaban J connectivity index is 2.82. The van der Waals surface area contributed by atoms with E-state index < -0.39 is 0 Å². The molecule has 3 heteroatoms. The number of rotatable bonds is 2. The summed E-state index contributed by atoms with van der Waals surface area (Å²) < 4.78 is 0. The summed E-state index contributed by atoms with van der Waals surface area (Å²) in [5, 5.41) is 9.64. The van der Waals surface area contributed by atoms with Crippen LogP contribution in [0.25, 0.3) is 0 Å². The van der Waals surface area contributed by atoms with Crippen LogP contribution < -0.4 is 0 Å². The highest BCUT2D eigenvalue weighted by atomic mass is 35.5. The van der Waals surface area contributed by atoms with E-state index in [4.69, 9.17) is 16.7 Å². The van der Waals surface area contributed by atoms with Gasteiger partial charge < -0.3 is 5.11 Å². The lowest BCUT2D eigenvalue weighted by atomic mass is 10.1. The molecule has 0 bridgehead atoms. The monoisotopic (exact) mass is 185 g/mol. The molecule has 2 nitrogen and oxygen atoms in total. The molecule has 0 aliphatic rings. The average molecular weight is 186 g/mol. The Kier molecular flexibility index (Phi) is 3.06. The van der Waals surface area contributed by atoms with Crippen molar-refractivity contribution >= 4 is 11.6 Å². The highest BCUT2D eigenvalue weighted by Crippen LogP contribution is 2.13. The van der Waals surface area contributed by atoms with Crippen molar-refractivity contribution in [1.82, 2.24) is 4.98 Å². The van der Waals surface area contributed by atoms with Crippen molar-refractivity contribution in [2.45, 2.75) is 26.4 Å². The van der Waals surface area contributed by atoms with Crippen molar-refractivity contribution in [3.8, 4) is 0 Å². The molecular formula is C9H12ClNO. The summed E-state index contributed by atoms with van der Waals surface area (Å²) >= 11 is 5.74. The first-order valence-electron chi connectivity index (χ1n) is 3.88. The number of hydrogen-bond acceptors (Lipinski definition) is 2. The Bertz CT molecular complexity index is 273. The molecule has 66 valence electrons. The smallest absolute Gasteiger partial charge is 0.131 e. The number of hydrogen-bond donors (Lipinski definition) is 1. The van der Waals surface area contributed by atoms with Crippen molar-refractivity contribution < 1.29 is 5.11 Å². The molecule has 0 fully saturated rings.